The van der Waals surface area contributed by atoms with E-state index in [4.69, 9.17) is 4.74 Å². The Labute approximate surface area is 93.8 Å². The Morgan fingerprint density at radius 2 is 2.31 bits per heavy atom. The lowest BCUT2D eigenvalue weighted by Crippen LogP contribution is -2.06. The number of ether oxygens (including phenoxy) is 1. The number of nitrogens with zero attached hydrogens (tertiary/aromatic N) is 2. The molecule has 0 aliphatic heterocycles. The standard InChI is InChI=1S/C12H14N2O2/c1-8-4-5-14-12(8)11(9(2)16-3)10(7-15)6-13-14/h4-7,9H,1-3H3. The van der Waals surface area contributed by atoms with Crippen molar-refractivity contribution in [3.63, 3.8) is 0 Å². The Morgan fingerprint density at radius 1 is 1.56 bits per heavy atom. The monoisotopic (exact) mass is 218 g/mol. The van der Waals surface area contributed by atoms with E-state index in [9.17, 15) is 4.79 Å². The molecule has 2 heterocycles. The number of carbonyl (C=O) groups excluding carboxylic acids is 1. The van der Waals surface area contributed by atoms with E-state index < -0.39 is 0 Å². The SMILES string of the molecule is COC(C)c1c(C=O)cnn2ccc(C)c12. The molecule has 0 bridgehead atoms. The first kappa shape index (κ1) is 10.8. The van der Waals surface area contributed by atoms with Gasteiger partial charge < -0.3 is 4.74 Å². The minimum atomic E-state index is -0.126. The van der Waals surface area contributed by atoms with Gasteiger partial charge in [-0.05, 0) is 25.5 Å². The number of hydrogen-bond donors (Lipinski definition) is 0. The lowest BCUT2D eigenvalue weighted by molar-refractivity contribution is 0.108. The molecule has 0 aromatic carbocycles. The zero-order valence-electron chi connectivity index (χ0n) is 9.60. The van der Waals surface area contributed by atoms with Crippen LogP contribution in [0.15, 0.2) is 18.5 Å². The third-order valence-electron chi connectivity index (χ3n) is 2.84. The molecule has 2 aromatic heterocycles. The molecule has 0 N–H and O–H groups in total. The molecule has 2 rings (SSSR count). The minimum absolute atomic E-state index is 0.126. The van der Waals surface area contributed by atoms with Crippen LogP contribution in [0.2, 0.25) is 0 Å². The highest BCUT2D eigenvalue weighted by Gasteiger charge is 2.16. The molecule has 2 aromatic rings. The molecule has 0 saturated heterocycles. The topological polar surface area (TPSA) is 43.6 Å². The van der Waals surface area contributed by atoms with Crippen LogP contribution >= 0.6 is 0 Å². The molecule has 4 heteroatoms. The maximum Gasteiger partial charge on any atom is 0.152 e. The molecule has 0 amide bonds. The molecule has 0 fully saturated rings. The Morgan fingerprint density at radius 3 is 2.94 bits per heavy atom. The van der Waals surface area contributed by atoms with Crippen LogP contribution in [0.3, 0.4) is 0 Å². The molecule has 0 spiro atoms. The van der Waals surface area contributed by atoms with Crippen molar-refractivity contribution in [3.05, 3.63) is 35.2 Å². The zero-order valence-corrected chi connectivity index (χ0v) is 9.60. The number of aldehydes is 1. The van der Waals surface area contributed by atoms with E-state index in [0.717, 1.165) is 22.9 Å². The fourth-order valence-electron chi connectivity index (χ4n) is 1.92. The van der Waals surface area contributed by atoms with Crippen LogP contribution in [0.5, 0.6) is 0 Å². The second-order valence-electron chi connectivity index (χ2n) is 3.80. The van der Waals surface area contributed by atoms with Crippen LogP contribution in [-0.4, -0.2) is 23.0 Å². The predicted octanol–water partition coefficient (Wildman–Crippen LogP) is 2.16. The molecule has 1 atom stereocenters. The Kier molecular flexibility index (Phi) is 2.75. The smallest absolute Gasteiger partial charge is 0.152 e. The average Bonchev–Trinajstić information content (AvgIpc) is 2.69. The molecule has 0 aliphatic rings. The Balaban J connectivity index is 2.81. The van der Waals surface area contributed by atoms with E-state index in [1.807, 2.05) is 26.1 Å². The van der Waals surface area contributed by atoms with Crippen molar-refractivity contribution in [1.82, 2.24) is 9.61 Å². The van der Waals surface area contributed by atoms with Crippen molar-refractivity contribution in [3.8, 4) is 0 Å². The molecular formula is C12H14N2O2. The fourth-order valence-corrected chi connectivity index (χ4v) is 1.92. The normalized spacial score (nSPS) is 12.9. The van der Waals surface area contributed by atoms with E-state index in [2.05, 4.69) is 5.10 Å². The van der Waals surface area contributed by atoms with Crippen molar-refractivity contribution < 1.29 is 9.53 Å². The van der Waals surface area contributed by atoms with E-state index in [1.54, 1.807) is 17.8 Å². The van der Waals surface area contributed by atoms with Gasteiger partial charge in [0.25, 0.3) is 0 Å². The van der Waals surface area contributed by atoms with Crippen LogP contribution < -0.4 is 0 Å². The van der Waals surface area contributed by atoms with Crippen LogP contribution in [0.4, 0.5) is 0 Å². The van der Waals surface area contributed by atoms with Gasteiger partial charge in [-0.2, -0.15) is 5.10 Å². The summed E-state index contributed by atoms with van der Waals surface area (Å²) in [5, 5.41) is 4.18. The molecular weight excluding hydrogens is 204 g/mol. The number of rotatable bonds is 3. The van der Waals surface area contributed by atoms with Crippen LogP contribution in [0.25, 0.3) is 5.52 Å². The van der Waals surface area contributed by atoms with E-state index in [0.29, 0.717) is 5.56 Å². The zero-order chi connectivity index (χ0) is 11.7. The summed E-state index contributed by atoms with van der Waals surface area (Å²) in [6.45, 7) is 3.92. The van der Waals surface area contributed by atoms with Gasteiger partial charge in [-0.3, -0.25) is 4.79 Å². The molecule has 16 heavy (non-hydrogen) atoms. The number of carbonyl (C=O) groups is 1. The molecule has 1 unspecified atom stereocenters. The van der Waals surface area contributed by atoms with Crippen molar-refractivity contribution in [2.75, 3.05) is 7.11 Å². The van der Waals surface area contributed by atoms with Gasteiger partial charge in [-0.15, -0.1) is 0 Å². The van der Waals surface area contributed by atoms with Gasteiger partial charge in [0, 0.05) is 24.4 Å². The van der Waals surface area contributed by atoms with Gasteiger partial charge in [0.15, 0.2) is 6.29 Å². The fraction of sp³-hybridized carbons (Fsp3) is 0.333. The first-order valence-corrected chi connectivity index (χ1v) is 5.14. The predicted molar refractivity (Wildman–Crippen MR) is 60.7 cm³/mol. The summed E-state index contributed by atoms with van der Waals surface area (Å²) in [6.07, 6.45) is 4.15. The van der Waals surface area contributed by atoms with Gasteiger partial charge in [-0.1, -0.05) is 0 Å². The van der Waals surface area contributed by atoms with Gasteiger partial charge in [-0.25, -0.2) is 4.52 Å². The molecule has 0 radical (unpaired) electrons. The lowest BCUT2D eigenvalue weighted by Gasteiger charge is -2.14. The molecule has 0 aliphatic carbocycles. The second-order valence-corrected chi connectivity index (χ2v) is 3.80. The van der Waals surface area contributed by atoms with Crippen molar-refractivity contribution in [2.45, 2.75) is 20.0 Å². The first-order valence-electron chi connectivity index (χ1n) is 5.14. The summed E-state index contributed by atoms with van der Waals surface area (Å²) in [7, 11) is 1.63. The largest absolute Gasteiger partial charge is 0.377 e. The maximum absolute atomic E-state index is 11.0. The summed E-state index contributed by atoms with van der Waals surface area (Å²) in [5.41, 5.74) is 3.53. The van der Waals surface area contributed by atoms with Crippen LogP contribution in [0.1, 0.15) is 34.5 Å². The van der Waals surface area contributed by atoms with E-state index >= 15 is 0 Å². The van der Waals surface area contributed by atoms with Gasteiger partial charge in [0.2, 0.25) is 0 Å². The number of hydrogen-bond acceptors (Lipinski definition) is 3. The van der Waals surface area contributed by atoms with Gasteiger partial charge >= 0.3 is 0 Å². The minimum Gasteiger partial charge on any atom is -0.377 e. The highest BCUT2D eigenvalue weighted by molar-refractivity contribution is 5.82. The van der Waals surface area contributed by atoms with Crippen molar-refractivity contribution in [1.29, 1.82) is 0 Å². The number of aromatic nitrogens is 2. The average molecular weight is 218 g/mol. The Bertz CT molecular complexity index is 531. The maximum atomic E-state index is 11.0. The second kappa shape index (κ2) is 4.06. The van der Waals surface area contributed by atoms with E-state index in [1.165, 1.54) is 0 Å². The quantitative estimate of drug-likeness (QED) is 0.741. The Hall–Kier alpha value is -1.68. The van der Waals surface area contributed by atoms with Crippen LogP contribution in [0, 0.1) is 6.92 Å². The number of fused-ring (bicyclic) bond motifs is 1. The summed E-state index contributed by atoms with van der Waals surface area (Å²) in [5.74, 6) is 0. The third kappa shape index (κ3) is 1.51. The molecule has 0 saturated carbocycles. The summed E-state index contributed by atoms with van der Waals surface area (Å²) < 4.78 is 7.08. The highest BCUT2D eigenvalue weighted by Crippen LogP contribution is 2.26. The van der Waals surface area contributed by atoms with Crippen molar-refractivity contribution in [2.24, 2.45) is 0 Å². The van der Waals surface area contributed by atoms with E-state index in [-0.39, 0.29) is 6.10 Å². The third-order valence-corrected chi connectivity index (χ3v) is 2.84. The highest BCUT2D eigenvalue weighted by atomic mass is 16.5. The summed E-state index contributed by atoms with van der Waals surface area (Å²) in [4.78, 5) is 11.0. The first-order chi connectivity index (χ1) is 7.69. The van der Waals surface area contributed by atoms with Gasteiger partial charge in [0.05, 0.1) is 17.8 Å². The molecule has 84 valence electrons. The lowest BCUT2D eigenvalue weighted by atomic mass is 10.0. The number of methoxy groups -OCH3 is 1. The van der Waals surface area contributed by atoms with Gasteiger partial charge in [0.1, 0.15) is 0 Å². The summed E-state index contributed by atoms with van der Waals surface area (Å²) >= 11 is 0. The molecule has 4 nitrogen and oxygen atoms in total. The van der Waals surface area contributed by atoms with Crippen LogP contribution in [-0.2, 0) is 4.74 Å². The number of aryl methyl sites for hydroxylation is 1. The summed E-state index contributed by atoms with van der Waals surface area (Å²) in [6, 6.07) is 1.97. The van der Waals surface area contributed by atoms with Crippen molar-refractivity contribution >= 4 is 11.8 Å².